The van der Waals surface area contributed by atoms with Crippen LogP contribution in [-0.4, -0.2) is 31.1 Å². The van der Waals surface area contributed by atoms with Gasteiger partial charge in [0.1, 0.15) is 0 Å². The summed E-state index contributed by atoms with van der Waals surface area (Å²) in [6, 6.07) is 17.9. The van der Waals surface area contributed by atoms with Gasteiger partial charge >= 0.3 is 0 Å². The van der Waals surface area contributed by atoms with E-state index in [0.717, 1.165) is 6.54 Å². The number of rotatable bonds is 4. The van der Waals surface area contributed by atoms with Crippen molar-refractivity contribution in [2.24, 2.45) is 0 Å². The van der Waals surface area contributed by atoms with Crippen molar-refractivity contribution in [3.8, 4) is 0 Å². The SMILES string of the molecule is CC1(C)c2ccccc2N(CCCN2CCCCC2)c2ccccc21. The molecule has 1 saturated heterocycles. The van der Waals surface area contributed by atoms with Crippen LogP contribution in [0.4, 0.5) is 11.4 Å². The largest absolute Gasteiger partial charge is 0.341 e. The number of likely N-dealkylation sites (tertiary alicyclic amines) is 1. The Bertz CT molecular complexity index is 679. The van der Waals surface area contributed by atoms with Crippen molar-refractivity contribution in [1.82, 2.24) is 4.90 Å². The van der Waals surface area contributed by atoms with Gasteiger partial charge < -0.3 is 9.80 Å². The number of piperidine rings is 1. The summed E-state index contributed by atoms with van der Waals surface area (Å²) in [7, 11) is 0. The second kappa shape index (κ2) is 6.84. The van der Waals surface area contributed by atoms with Crippen LogP contribution in [-0.2, 0) is 5.41 Å². The maximum Gasteiger partial charge on any atom is 0.0452 e. The maximum atomic E-state index is 2.65. The van der Waals surface area contributed by atoms with Crippen LogP contribution in [0.5, 0.6) is 0 Å². The Morgan fingerprint density at radius 3 is 1.92 bits per heavy atom. The van der Waals surface area contributed by atoms with E-state index in [1.165, 1.54) is 67.8 Å². The highest BCUT2D eigenvalue weighted by Gasteiger charge is 2.35. The Kier molecular flexibility index (Phi) is 4.56. The third kappa shape index (κ3) is 3.08. The molecule has 0 saturated carbocycles. The summed E-state index contributed by atoms with van der Waals surface area (Å²) in [4.78, 5) is 5.20. The second-order valence-electron chi connectivity index (χ2n) is 8.07. The summed E-state index contributed by atoms with van der Waals surface area (Å²) in [6.45, 7) is 9.62. The fourth-order valence-corrected chi connectivity index (χ4v) is 4.63. The van der Waals surface area contributed by atoms with Crippen molar-refractivity contribution in [2.75, 3.05) is 31.1 Å². The third-order valence-electron chi connectivity index (χ3n) is 6.04. The molecule has 2 nitrogen and oxygen atoms in total. The molecule has 2 aliphatic rings. The first kappa shape index (κ1) is 16.7. The van der Waals surface area contributed by atoms with Gasteiger partial charge in [-0.15, -0.1) is 0 Å². The van der Waals surface area contributed by atoms with Gasteiger partial charge in [-0.1, -0.05) is 56.7 Å². The monoisotopic (exact) mass is 334 g/mol. The maximum absolute atomic E-state index is 2.65. The number of fused-ring (bicyclic) bond motifs is 2. The Balaban J connectivity index is 1.59. The van der Waals surface area contributed by atoms with Crippen LogP contribution in [0.25, 0.3) is 0 Å². The minimum Gasteiger partial charge on any atom is -0.341 e. The summed E-state index contributed by atoms with van der Waals surface area (Å²) in [5.41, 5.74) is 5.75. The molecule has 1 fully saturated rings. The number of para-hydroxylation sites is 2. The highest BCUT2D eigenvalue weighted by molar-refractivity contribution is 5.77. The Morgan fingerprint density at radius 2 is 1.32 bits per heavy atom. The summed E-state index contributed by atoms with van der Waals surface area (Å²) < 4.78 is 0. The summed E-state index contributed by atoms with van der Waals surface area (Å²) in [6.07, 6.45) is 5.40. The van der Waals surface area contributed by atoms with Crippen molar-refractivity contribution in [3.05, 3.63) is 59.7 Å². The molecule has 0 atom stereocenters. The van der Waals surface area contributed by atoms with Crippen molar-refractivity contribution in [2.45, 2.75) is 44.9 Å². The second-order valence-corrected chi connectivity index (χ2v) is 8.07. The van der Waals surface area contributed by atoms with Crippen molar-refractivity contribution < 1.29 is 0 Å². The minimum absolute atomic E-state index is 0.0660. The Labute approximate surface area is 152 Å². The average molecular weight is 335 g/mol. The van der Waals surface area contributed by atoms with Gasteiger partial charge in [0.05, 0.1) is 0 Å². The van der Waals surface area contributed by atoms with E-state index in [0.29, 0.717) is 0 Å². The quantitative estimate of drug-likeness (QED) is 0.744. The van der Waals surface area contributed by atoms with E-state index < -0.39 is 0 Å². The zero-order valence-electron chi connectivity index (χ0n) is 15.7. The molecular formula is C23H30N2. The molecule has 132 valence electrons. The standard InChI is InChI=1S/C23H30N2/c1-23(2)19-11-4-6-13-21(19)25(22-14-7-5-12-20(22)23)18-10-17-24-15-8-3-9-16-24/h4-7,11-14H,3,8-10,15-18H2,1-2H3. The van der Waals surface area contributed by atoms with Crippen LogP contribution < -0.4 is 4.90 Å². The zero-order valence-corrected chi connectivity index (χ0v) is 15.7. The summed E-state index contributed by atoms with van der Waals surface area (Å²) in [5, 5.41) is 0. The van der Waals surface area contributed by atoms with Gasteiger partial charge in [-0.25, -0.2) is 0 Å². The molecule has 2 aromatic rings. The molecule has 2 heterocycles. The Hall–Kier alpha value is -1.80. The molecule has 0 unspecified atom stereocenters. The molecule has 2 aromatic carbocycles. The molecule has 0 spiro atoms. The number of anilines is 2. The molecule has 2 heteroatoms. The predicted molar refractivity (Wildman–Crippen MR) is 107 cm³/mol. The summed E-state index contributed by atoms with van der Waals surface area (Å²) >= 11 is 0. The van der Waals surface area contributed by atoms with Crippen LogP contribution in [0, 0.1) is 0 Å². The van der Waals surface area contributed by atoms with E-state index in [2.05, 4.69) is 72.2 Å². The molecule has 2 aliphatic heterocycles. The van der Waals surface area contributed by atoms with Crippen molar-refractivity contribution >= 4 is 11.4 Å². The van der Waals surface area contributed by atoms with Crippen molar-refractivity contribution in [1.29, 1.82) is 0 Å². The van der Waals surface area contributed by atoms with Gasteiger partial charge in [-0.2, -0.15) is 0 Å². The Morgan fingerprint density at radius 1 is 0.760 bits per heavy atom. The van der Waals surface area contributed by atoms with Gasteiger partial charge in [0.15, 0.2) is 0 Å². The molecular weight excluding hydrogens is 304 g/mol. The van der Waals surface area contributed by atoms with E-state index in [4.69, 9.17) is 0 Å². The molecule has 25 heavy (non-hydrogen) atoms. The van der Waals surface area contributed by atoms with Crippen LogP contribution in [0.15, 0.2) is 48.5 Å². The molecule has 0 bridgehead atoms. The topological polar surface area (TPSA) is 6.48 Å². The van der Waals surface area contributed by atoms with Gasteiger partial charge in [-0.05, 0) is 62.2 Å². The van der Waals surface area contributed by atoms with E-state index >= 15 is 0 Å². The van der Waals surface area contributed by atoms with Crippen molar-refractivity contribution in [3.63, 3.8) is 0 Å². The number of nitrogens with zero attached hydrogens (tertiary/aromatic N) is 2. The predicted octanol–water partition coefficient (Wildman–Crippen LogP) is 5.34. The minimum atomic E-state index is 0.0660. The number of benzene rings is 2. The fraction of sp³-hybridized carbons (Fsp3) is 0.478. The highest BCUT2D eigenvalue weighted by Crippen LogP contribution is 2.48. The molecule has 0 amide bonds. The summed E-state index contributed by atoms with van der Waals surface area (Å²) in [5.74, 6) is 0. The number of hydrogen-bond donors (Lipinski definition) is 0. The van der Waals surface area contributed by atoms with Crippen LogP contribution >= 0.6 is 0 Å². The number of hydrogen-bond acceptors (Lipinski definition) is 2. The molecule has 0 aliphatic carbocycles. The lowest BCUT2D eigenvalue weighted by Crippen LogP contribution is -2.36. The molecule has 0 N–H and O–H groups in total. The lowest BCUT2D eigenvalue weighted by molar-refractivity contribution is 0.227. The van der Waals surface area contributed by atoms with E-state index in [9.17, 15) is 0 Å². The lowest BCUT2D eigenvalue weighted by atomic mass is 9.73. The van der Waals surface area contributed by atoms with Crippen LogP contribution in [0.2, 0.25) is 0 Å². The van der Waals surface area contributed by atoms with E-state index in [1.54, 1.807) is 0 Å². The first-order chi connectivity index (χ1) is 12.2. The molecule has 0 aromatic heterocycles. The molecule has 4 rings (SSSR count). The first-order valence-corrected chi connectivity index (χ1v) is 9.87. The zero-order chi connectivity index (χ0) is 17.3. The van der Waals surface area contributed by atoms with Gasteiger partial charge in [0, 0.05) is 23.3 Å². The van der Waals surface area contributed by atoms with E-state index in [1.807, 2.05) is 0 Å². The lowest BCUT2D eigenvalue weighted by Gasteiger charge is -2.42. The highest BCUT2D eigenvalue weighted by atomic mass is 15.2. The van der Waals surface area contributed by atoms with Gasteiger partial charge in [0.2, 0.25) is 0 Å². The van der Waals surface area contributed by atoms with Crippen LogP contribution in [0.1, 0.15) is 50.7 Å². The van der Waals surface area contributed by atoms with Gasteiger partial charge in [-0.3, -0.25) is 0 Å². The van der Waals surface area contributed by atoms with Gasteiger partial charge in [0.25, 0.3) is 0 Å². The van der Waals surface area contributed by atoms with Crippen LogP contribution in [0.3, 0.4) is 0 Å². The third-order valence-corrected chi connectivity index (χ3v) is 6.04. The first-order valence-electron chi connectivity index (χ1n) is 9.87. The molecule has 0 radical (unpaired) electrons. The normalized spacial score (nSPS) is 19.4. The smallest absolute Gasteiger partial charge is 0.0452 e. The fourth-order valence-electron chi connectivity index (χ4n) is 4.63. The van der Waals surface area contributed by atoms with E-state index in [-0.39, 0.29) is 5.41 Å². The average Bonchev–Trinajstić information content (AvgIpc) is 2.66.